The number of carbonyl (C=O) groups excluding carboxylic acids is 2. The van der Waals surface area contributed by atoms with Crippen LogP contribution in [0.4, 0.5) is 0 Å². The van der Waals surface area contributed by atoms with Gasteiger partial charge in [-0.2, -0.15) is 0 Å². The second-order valence-electron chi connectivity index (χ2n) is 7.56. The lowest BCUT2D eigenvalue weighted by Crippen LogP contribution is -2.45. The van der Waals surface area contributed by atoms with Crippen LogP contribution in [0.5, 0.6) is 11.5 Å². The average molecular weight is 374 g/mol. The summed E-state index contributed by atoms with van der Waals surface area (Å²) in [7, 11) is 3.23. The third-order valence-electron chi connectivity index (χ3n) is 5.77. The molecule has 2 atom stereocenters. The van der Waals surface area contributed by atoms with Gasteiger partial charge in [-0.15, -0.1) is 0 Å². The monoisotopic (exact) mass is 374 g/mol. The van der Waals surface area contributed by atoms with Crippen molar-refractivity contribution in [3.63, 3.8) is 0 Å². The number of rotatable bonds is 6. The van der Waals surface area contributed by atoms with Crippen LogP contribution in [-0.4, -0.2) is 61.5 Å². The lowest BCUT2D eigenvalue weighted by Gasteiger charge is -2.35. The zero-order valence-electron chi connectivity index (χ0n) is 16.6. The fourth-order valence-electron chi connectivity index (χ4n) is 4.11. The maximum Gasteiger partial charge on any atom is 0.228 e. The first-order valence-electron chi connectivity index (χ1n) is 9.82. The van der Waals surface area contributed by atoms with Crippen molar-refractivity contribution in [2.45, 2.75) is 45.1 Å². The van der Waals surface area contributed by atoms with Gasteiger partial charge in [0.15, 0.2) is 11.5 Å². The van der Waals surface area contributed by atoms with Gasteiger partial charge in [0.25, 0.3) is 0 Å². The van der Waals surface area contributed by atoms with Crippen molar-refractivity contribution in [1.29, 1.82) is 0 Å². The van der Waals surface area contributed by atoms with Gasteiger partial charge >= 0.3 is 0 Å². The average Bonchev–Trinajstić information content (AvgIpc) is 3.06. The molecule has 2 aliphatic rings. The lowest BCUT2D eigenvalue weighted by molar-refractivity contribution is -0.139. The number of benzene rings is 1. The van der Waals surface area contributed by atoms with Crippen LogP contribution in [0.3, 0.4) is 0 Å². The van der Waals surface area contributed by atoms with Crippen molar-refractivity contribution in [3.8, 4) is 11.5 Å². The Hall–Kier alpha value is -2.24. The summed E-state index contributed by atoms with van der Waals surface area (Å²) < 4.78 is 10.6. The molecule has 0 N–H and O–H groups in total. The minimum atomic E-state index is -0.191. The number of piperidine rings is 1. The van der Waals surface area contributed by atoms with E-state index in [2.05, 4.69) is 6.92 Å². The van der Waals surface area contributed by atoms with E-state index in [1.54, 1.807) is 14.2 Å². The van der Waals surface area contributed by atoms with Crippen LogP contribution in [0.2, 0.25) is 0 Å². The predicted octanol–water partition coefficient (Wildman–Crippen LogP) is 2.50. The topological polar surface area (TPSA) is 59.1 Å². The molecule has 148 valence electrons. The molecule has 2 saturated heterocycles. The summed E-state index contributed by atoms with van der Waals surface area (Å²) in [5.74, 6) is 1.43. The van der Waals surface area contributed by atoms with Crippen molar-refractivity contribution in [3.05, 3.63) is 23.8 Å². The van der Waals surface area contributed by atoms with Crippen molar-refractivity contribution >= 4 is 11.8 Å². The van der Waals surface area contributed by atoms with E-state index in [4.69, 9.17) is 9.47 Å². The molecule has 2 aliphatic heterocycles. The van der Waals surface area contributed by atoms with E-state index < -0.39 is 0 Å². The molecule has 0 aromatic heterocycles. The van der Waals surface area contributed by atoms with Crippen LogP contribution in [-0.2, 0) is 16.0 Å². The Bertz CT molecular complexity index is 691. The quantitative estimate of drug-likeness (QED) is 0.768. The lowest BCUT2D eigenvalue weighted by atomic mass is 9.99. The highest BCUT2D eigenvalue weighted by atomic mass is 16.5. The SMILES string of the molecule is COc1ccc(CCN2C[C@H](C(=O)N3CCCC[C@H]3C)CC2=O)cc1OC. The van der Waals surface area contributed by atoms with Gasteiger partial charge in [0, 0.05) is 32.1 Å². The summed E-state index contributed by atoms with van der Waals surface area (Å²) in [5, 5.41) is 0. The summed E-state index contributed by atoms with van der Waals surface area (Å²) in [6, 6.07) is 6.10. The van der Waals surface area contributed by atoms with Crippen LogP contribution in [0, 0.1) is 5.92 Å². The number of likely N-dealkylation sites (tertiary alicyclic amines) is 2. The van der Waals surface area contributed by atoms with Gasteiger partial charge in [-0.3, -0.25) is 9.59 Å². The molecule has 0 bridgehead atoms. The van der Waals surface area contributed by atoms with Gasteiger partial charge in [-0.1, -0.05) is 6.07 Å². The van der Waals surface area contributed by atoms with E-state index in [1.165, 1.54) is 6.42 Å². The summed E-state index contributed by atoms with van der Waals surface area (Å²) in [6.45, 7) is 4.10. The highest BCUT2D eigenvalue weighted by molar-refractivity contribution is 5.89. The summed E-state index contributed by atoms with van der Waals surface area (Å²) in [4.78, 5) is 29.1. The van der Waals surface area contributed by atoms with Crippen LogP contribution in [0.15, 0.2) is 18.2 Å². The maximum absolute atomic E-state index is 12.8. The van der Waals surface area contributed by atoms with Crippen molar-refractivity contribution in [2.24, 2.45) is 5.92 Å². The molecule has 6 heteroatoms. The van der Waals surface area contributed by atoms with Crippen LogP contribution >= 0.6 is 0 Å². The summed E-state index contributed by atoms with van der Waals surface area (Å²) >= 11 is 0. The molecule has 6 nitrogen and oxygen atoms in total. The fourth-order valence-corrected chi connectivity index (χ4v) is 4.11. The molecule has 2 amide bonds. The molecule has 1 aromatic rings. The molecule has 0 spiro atoms. The molecule has 0 saturated carbocycles. The first-order valence-corrected chi connectivity index (χ1v) is 9.82. The van der Waals surface area contributed by atoms with Gasteiger partial charge < -0.3 is 19.3 Å². The number of ether oxygens (including phenoxy) is 2. The van der Waals surface area contributed by atoms with Gasteiger partial charge in [-0.05, 0) is 50.3 Å². The van der Waals surface area contributed by atoms with Gasteiger partial charge in [-0.25, -0.2) is 0 Å². The highest BCUT2D eigenvalue weighted by Gasteiger charge is 2.37. The molecule has 2 heterocycles. The Morgan fingerprint density at radius 2 is 1.96 bits per heavy atom. The Kier molecular flexibility index (Phi) is 6.24. The Morgan fingerprint density at radius 3 is 2.67 bits per heavy atom. The van der Waals surface area contributed by atoms with E-state index in [9.17, 15) is 9.59 Å². The van der Waals surface area contributed by atoms with E-state index in [0.717, 1.165) is 31.4 Å². The Labute approximate surface area is 161 Å². The number of carbonyl (C=O) groups is 2. The van der Waals surface area contributed by atoms with Gasteiger partial charge in [0.05, 0.1) is 20.1 Å². The second kappa shape index (κ2) is 8.63. The highest BCUT2D eigenvalue weighted by Crippen LogP contribution is 2.29. The van der Waals surface area contributed by atoms with E-state index in [1.807, 2.05) is 28.0 Å². The van der Waals surface area contributed by atoms with Crippen LogP contribution in [0.1, 0.15) is 38.2 Å². The summed E-state index contributed by atoms with van der Waals surface area (Å²) in [5.41, 5.74) is 1.08. The minimum Gasteiger partial charge on any atom is -0.493 e. The predicted molar refractivity (Wildman–Crippen MR) is 103 cm³/mol. The smallest absolute Gasteiger partial charge is 0.228 e. The standard InChI is InChI=1S/C21H30N2O4/c1-15-6-4-5-10-23(15)21(25)17-13-20(24)22(14-17)11-9-16-7-8-18(26-2)19(12-16)27-3/h7-8,12,15,17H,4-6,9-11,13-14H2,1-3H3/t15-,17-/m1/s1. The molecule has 1 aromatic carbocycles. The molecule has 3 rings (SSSR count). The summed E-state index contributed by atoms with van der Waals surface area (Å²) in [6.07, 6.45) is 4.39. The number of hydrogen-bond acceptors (Lipinski definition) is 4. The van der Waals surface area contributed by atoms with Crippen LogP contribution in [0.25, 0.3) is 0 Å². The minimum absolute atomic E-state index is 0.0819. The largest absolute Gasteiger partial charge is 0.493 e. The molecule has 2 fully saturated rings. The van der Waals surface area contributed by atoms with E-state index >= 15 is 0 Å². The third-order valence-corrected chi connectivity index (χ3v) is 5.77. The van der Waals surface area contributed by atoms with Gasteiger partial charge in [0.2, 0.25) is 11.8 Å². The fraction of sp³-hybridized carbons (Fsp3) is 0.619. The zero-order valence-corrected chi connectivity index (χ0v) is 16.6. The van der Waals surface area contributed by atoms with Gasteiger partial charge in [0.1, 0.15) is 0 Å². The van der Waals surface area contributed by atoms with Crippen molar-refractivity contribution in [1.82, 2.24) is 9.80 Å². The first-order chi connectivity index (χ1) is 13.0. The molecule has 0 radical (unpaired) electrons. The second-order valence-corrected chi connectivity index (χ2v) is 7.56. The number of nitrogens with zero attached hydrogens (tertiary/aromatic N) is 2. The molecular formula is C21H30N2O4. The molecule has 27 heavy (non-hydrogen) atoms. The molecule has 0 unspecified atom stereocenters. The Morgan fingerprint density at radius 1 is 1.19 bits per heavy atom. The maximum atomic E-state index is 12.8. The number of amides is 2. The zero-order chi connectivity index (χ0) is 19.4. The van der Waals surface area contributed by atoms with Crippen molar-refractivity contribution in [2.75, 3.05) is 33.9 Å². The number of methoxy groups -OCH3 is 2. The normalized spacial score (nSPS) is 22.9. The molecular weight excluding hydrogens is 344 g/mol. The number of hydrogen-bond donors (Lipinski definition) is 0. The van der Waals surface area contributed by atoms with E-state index in [-0.39, 0.29) is 17.7 Å². The van der Waals surface area contributed by atoms with E-state index in [0.29, 0.717) is 37.1 Å². The van der Waals surface area contributed by atoms with Crippen molar-refractivity contribution < 1.29 is 19.1 Å². The molecule has 0 aliphatic carbocycles. The van der Waals surface area contributed by atoms with Crippen LogP contribution < -0.4 is 9.47 Å². The Balaban J connectivity index is 1.57. The third kappa shape index (κ3) is 4.37. The first kappa shape index (κ1) is 19.5.